The highest BCUT2D eigenvalue weighted by atomic mass is 19.3. The van der Waals surface area contributed by atoms with Crippen molar-refractivity contribution in [3.63, 3.8) is 0 Å². The molecule has 0 unspecified atom stereocenters. The Labute approximate surface area is 214 Å². The summed E-state index contributed by atoms with van der Waals surface area (Å²) in [6.45, 7) is 2.08. The lowest BCUT2D eigenvalue weighted by atomic mass is 9.97. The standard InChI is InChI=1S/C30H21F7O/c1-2-3-18-4-6-19(7-5-18)21-10-11-24(26(32)14-21)22-9-8-20(25(31)15-22)12-13-30(36,37)38-23-16-27(33)29(35)28(34)17-23/h4-17H,2-3H2,1H3/b13-12+. The highest BCUT2D eigenvalue weighted by Crippen LogP contribution is 2.31. The van der Waals surface area contributed by atoms with E-state index in [0.717, 1.165) is 24.5 Å². The summed E-state index contributed by atoms with van der Waals surface area (Å²) in [5.41, 5.74) is 2.72. The molecule has 0 saturated heterocycles. The van der Waals surface area contributed by atoms with E-state index in [2.05, 4.69) is 11.7 Å². The fourth-order valence-electron chi connectivity index (χ4n) is 3.88. The van der Waals surface area contributed by atoms with Crippen LogP contribution in [0.1, 0.15) is 24.5 Å². The highest BCUT2D eigenvalue weighted by Gasteiger charge is 2.29. The molecule has 4 rings (SSSR count). The summed E-state index contributed by atoms with van der Waals surface area (Å²) in [6, 6.07) is 16.4. The van der Waals surface area contributed by atoms with Crippen LogP contribution in [0.2, 0.25) is 0 Å². The van der Waals surface area contributed by atoms with Crippen LogP contribution in [0.5, 0.6) is 5.75 Å². The molecule has 0 radical (unpaired) electrons. The summed E-state index contributed by atoms with van der Waals surface area (Å²) in [6.07, 6.45) is -1.26. The van der Waals surface area contributed by atoms with Gasteiger partial charge in [0, 0.05) is 29.3 Å². The number of rotatable bonds is 8. The Balaban J connectivity index is 1.51. The molecule has 0 spiro atoms. The summed E-state index contributed by atoms with van der Waals surface area (Å²) < 4.78 is 101. The maximum atomic E-state index is 14.9. The largest absolute Gasteiger partial charge is 0.429 e. The Morgan fingerprint density at radius 3 is 1.89 bits per heavy atom. The van der Waals surface area contributed by atoms with Crippen molar-refractivity contribution in [2.24, 2.45) is 0 Å². The van der Waals surface area contributed by atoms with Gasteiger partial charge in [0.2, 0.25) is 0 Å². The number of aryl methyl sites for hydroxylation is 1. The Bertz CT molecular complexity index is 1450. The minimum atomic E-state index is -4.10. The average Bonchev–Trinajstić information content (AvgIpc) is 2.87. The maximum absolute atomic E-state index is 14.9. The Kier molecular flexibility index (Phi) is 7.90. The van der Waals surface area contributed by atoms with Gasteiger partial charge >= 0.3 is 6.11 Å². The predicted molar refractivity (Wildman–Crippen MR) is 132 cm³/mol. The molecule has 0 atom stereocenters. The number of ether oxygens (including phenoxy) is 1. The molecule has 0 heterocycles. The lowest BCUT2D eigenvalue weighted by molar-refractivity contribution is -0.131. The molecule has 4 aromatic carbocycles. The van der Waals surface area contributed by atoms with Gasteiger partial charge in [0.25, 0.3) is 0 Å². The van der Waals surface area contributed by atoms with Crippen molar-refractivity contribution in [2.75, 3.05) is 0 Å². The highest BCUT2D eigenvalue weighted by molar-refractivity contribution is 5.72. The zero-order valence-electron chi connectivity index (χ0n) is 20.1. The van der Waals surface area contributed by atoms with Gasteiger partial charge in [-0.15, -0.1) is 0 Å². The quantitative estimate of drug-likeness (QED) is 0.163. The second kappa shape index (κ2) is 11.1. The summed E-state index contributed by atoms with van der Waals surface area (Å²) in [7, 11) is 0. The number of benzene rings is 4. The van der Waals surface area contributed by atoms with Crippen molar-refractivity contribution in [3.05, 3.63) is 119 Å². The first kappa shape index (κ1) is 27.0. The lowest BCUT2D eigenvalue weighted by Crippen LogP contribution is -2.21. The second-order valence-electron chi connectivity index (χ2n) is 8.58. The molecule has 0 amide bonds. The molecule has 0 aliphatic rings. The van der Waals surface area contributed by atoms with E-state index in [1.54, 1.807) is 6.07 Å². The van der Waals surface area contributed by atoms with E-state index in [9.17, 15) is 30.7 Å². The maximum Gasteiger partial charge on any atom is 0.419 e. The van der Waals surface area contributed by atoms with E-state index < -0.39 is 40.9 Å². The van der Waals surface area contributed by atoms with Crippen LogP contribution < -0.4 is 4.74 Å². The van der Waals surface area contributed by atoms with Crippen LogP contribution >= 0.6 is 0 Å². The van der Waals surface area contributed by atoms with Gasteiger partial charge in [-0.3, -0.25) is 0 Å². The third kappa shape index (κ3) is 6.25. The molecule has 8 heteroatoms. The summed E-state index contributed by atoms with van der Waals surface area (Å²) in [5, 5.41) is 0. The summed E-state index contributed by atoms with van der Waals surface area (Å²) in [4.78, 5) is 0. The van der Waals surface area contributed by atoms with Crippen molar-refractivity contribution in [1.29, 1.82) is 0 Å². The topological polar surface area (TPSA) is 9.23 Å². The van der Waals surface area contributed by atoms with Crippen molar-refractivity contribution >= 4 is 6.08 Å². The minimum absolute atomic E-state index is 0.125. The van der Waals surface area contributed by atoms with Gasteiger partial charge in [0.1, 0.15) is 17.4 Å². The van der Waals surface area contributed by atoms with E-state index in [0.29, 0.717) is 11.6 Å². The van der Waals surface area contributed by atoms with Crippen LogP contribution in [-0.2, 0) is 6.42 Å². The zero-order chi connectivity index (χ0) is 27.4. The Morgan fingerprint density at radius 2 is 1.29 bits per heavy atom. The molecule has 0 bridgehead atoms. The number of hydrogen-bond donors (Lipinski definition) is 0. The monoisotopic (exact) mass is 530 g/mol. The van der Waals surface area contributed by atoms with Crippen LogP contribution in [0.25, 0.3) is 28.3 Å². The smallest absolute Gasteiger partial charge is 0.419 e. The van der Waals surface area contributed by atoms with Crippen molar-refractivity contribution in [1.82, 2.24) is 0 Å². The van der Waals surface area contributed by atoms with Gasteiger partial charge in [-0.05, 0) is 46.9 Å². The first-order valence-electron chi connectivity index (χ1n) is 11.7. The van der Waals surface area contributed by atoms with Crippen molar-refractivity contribution in [3.8, 4) is 28.0 Å². The molecule has 0 fully saturated rings. The Hall–Kier alpha value is -4.07. The van der Waals surface area contributed by atoms with Crippen molar-refractivity contribution < 1.29 is 35.5 Å². The summed E-state index contributed by atoms with van der Waals surface area (Å²) >= 11 is 0. The van der Waals surface area contributed by atoms with E-state index in [-0.39, 0.29) is 34.9 Å². The number of alkyl halides is 2. The fraction of sp³-hybridized carbons (Fsp3) is 0.133. The van der Waals surface area contributed by atoms with Crippen LogP contribution in [0, 0.1) is 29.1 Å². The predicted octanol–water partition coefficient (Wildman–Crippen LogP) is 9.35. The number of halogens is 7. The molecule has 1 nitrogen and oxygen atoms in total. The van der Waals surface area contributed by atoms with Crippen LogP contribution in [0.15, 0.2) is 78.9 Å². The SMILES string of the molecule is CCCc1ccc(-c2ccc(-c3ccc(/C=C/C(F)(F)Oc4cc(F)c(F)c(F)c4)c(F)c3)c(F)c2)cc1. The molecular weight excluding hydrogens is 509 g/mol. The molecule has 0 aliphatic carbocycles. The first-order chi connectivity index (χ1) is 18.1. The van der Waals surface area contributed by atoms with E-state index in [4.69, 9.17) is 0 Å². The van der Waals surface area contributed by atoms with E-state index >= 15 is 0 Å². The molecule has 0 saturated carbocycles. The first-order valence-corrected chi connectivity index (χ1v) is 11.7. The van der Waals surface area contributed by atoms with Crippen LogP contribution in [-0.4, -0.2) is 6.11 Å². The summed E-state index contributed by atoms with van der Waals surface area (Å²) in [5.74, 6) is -7.68. The average molecular weight is 530 g/mol. The van der Waals surface area contributed by atoms with Crippen LogP contribution in [0.4, 0.5) is 30.7 Å². The van der Waals surface area contributed by atoms with E-state index in [1.165, 1.54) is 29.8 Å². The van der Waals surface area contributed by atoms with Gasteiger partial charge in [-0.2, -0.15) is 8.78 Å². The molecule has 0 aromatic heterocycles. The third-order valence-corrected chi connectivity index (χ3v) is 5.77. The minimum Gasteiger partial charge on any atom is -0.429 e. The van der Waals surface area contributed by atoms with Gasteiger partial charge in [-0.25, -0.2) is 22.0 Å². The molecule has 38 heavy (non-hydrogen) atoms. The van der Waals surface area contributed by atoms with Crippen LogP contribution in [0.3, 0.4) is 0 Å². The van der Waals surface area contributed by atoms with Crippen molar-refractivity contribution in [2.45, 2.75) is 25.9 Å². The zero-order valence-corrected chi connectivity index (χ0v) is 20.1. The van der Waals surface area contributed by atoms with Gasteiger partial charge < -0.3 is 4.74 Å². The molecule has 196 valence electrons. The Morgan fingerprint density at radius 1 is 0.684 bits per heavy atom. The lowest BCUT2D eigenvalue weighted by Gasteiger charge is -2.14. The molecule has 0 aliphatic heterocycles. The third-order valence-electron chi connectivity index (χ3n) is 5.77. The second-order valence-corrected chi connectivity index (χ2v) is 8.58. The molecule has 0 N–H and O–H groups in total. The van der Waals surface area contributed by atoms with Gasteiger partial charge in [-0.1, -0.05) is 61.9 Å². The normalized spacial score (nSPS) is 11.8. The number of hydrogen-bond acceptors (Lipinski definition) is 1. The molecular formula is C30H21F7O. The fourth-order valence-corrected chi connectivity index (χ4v) is 3.88. The molecule has 4 aromatic rings. The van der Waals surface area contributed by atoms with E-state index in [1.807, 2.05) is 24.3 Å². The van der Waals surface area contributed by atoms with Gasteiger partial charge in [0.15, 0.2) is 17.5 Å². The van der Waals surface area contributed by atoms with Gasteiger partial charge in [0.05, 0.1) is 0 Å².